The summed E-state index contributed by atoms with van der Waals surface area (Å²) in [6, 6.07) is 7.42. The molecule has 1 heterocycles. The Morgan fingerprint density at radius 3 is 2.44 bits per heavy atom. The molecule has 0 amide bonds. The Morgan fingerprint density at radius 2 is 1.75 bits per heavy atom. The van der Waals surface area contributed by atoms with E-state index in [9.17, 15) is 19.5 Å². The van der Waals surface area contributed by atoms with Crippen molar-refractivity contribution in [3.8, 4) is 0 Å². The summed E-state index contributed by atoms with van der Waals surface area (Å²) in [6.07, 6.45) is 7.98. The van der Waals surface area contributed by atoms with Crippen LogP contribution in [0.1, 0.15) is 77.7 Å². The van der Waals surface area contributed by atoms with Gasteiger partial charge in [-0.3, -0.25) is 14.4 Å². The number of hydrogen-bond acceptors (Lipinski definition) is 9. The van der Waals surface area contributed by atoms with Gasteiger partial charge in [0, 0.05) is 29.0 Å². The molecule has 3 fully saturated rings. The predicted molar refractivity (Wildman–Crippen MR) is 181 cm³/mol. The molecule has 2 saturated carbocycles. The van der Waals surface area contributed by atoms with Crippen LogP contribution >= 0.6 is 0 Å². The summed E-state index contributed by atoms with van der Waals surface area (Å²) in [5, 5.41) is 11.0. The average Bonchev–Trinajstić information content (AvgIpc) is 3.75. The molecule has 3 unspecified atom stereocenters. The number of allylic oxidation sites excluding steroid dienone is 5. The second kappa shape index (κ2) is 14.2. The molecule has 1 aliphatic heterocycles. The number of methoxy groups -OCH3 is 2. The number of esters is 1. The lowest BCUT2D eigenvalue weighted by Crippen LogP contribution is -2.45. The molecule has 1 aromatic rings. The van der Waals surface area contributed by atoms with Gasteiger partial charge < -0.3 is 29.8 Å². The van der Waals surface area contributed by atoms with Gasteiger partial charge in [-0.1, -0.05) is 44.6 Å². The van der Waals surface area contributed by atoms with Crippen molar-refractivity contribution in [2.45, 2.75) is 90.6 Å². The summed E-state index contributed by atoms with van der Waals surface area (Å²) < 4.78 is 23.0. The van der Waals surface area contributed by atoms with Gasteiger partial charge in [0.15, 0.2) is 17.3 Å². The first-order chi connectivity index (χ1) is 23.1. The zero-order chi connectivity index (χ0) is 34.3. The minimum absolute atomic E-state index is 0.0461. The molecule has 48 heavy (non-hydrogen) atoms. The Hall–Kier alpha value is -3.43. The number of carbonyl (C=O) groups is 3. The second-order valence-electron chi connectivity index (χ2n) is 14.6. The van der Waals surface area contributed by atoms with Crippen LogP contribution in [0.2, 0.25) is 0 Å². The van der Waals surface area contributed by atoms with Crippen LogP contribution in [0.15, 0.2) is 53.5 Å². The van der Waals surface area contributed by atoms with Crippen LogP contribution in [-0.4, -0.2) is 55.4 Å². The number of fused-ring (bicyclic) bond motifs is 8. The highest BCUT2D eigenvalue weighted by Crippen LogP contribution is 2.63. The molecule has 0 aromatic heterocycles. The van der Waals surface area contributed by atoms with Gasteiger partial charge in [-0.05, 0) is 98.3 Å². The van der Waals surface area contributed by atoms with Crippen molar-refractivity contribution in [3.05, 3.63) is 59.1 Å². The SMILES string of the molecule is CC[C@H]1CCCC[C@@H](C)C(=O)C2=C[C@@H]3[C@@H](C4C(=O)C(c5cccc(N)c5)=CC4C4C[C@@H](O[C@H](O)/C(OC)=C(/C)OC)C[C@H]43)[C@@H]2CC(=O)O1. The molecule has 6 rings (SSSR count). The molecule has 1 aromatic carbocycles. The number of nitrogen functional groups attached to an aromatic ring is 1. The molecular weight excluding hydrogens is 610 g/mol. The number of ether oxygens (including phenoxy) is 4. The maximum Gasteiger partial charge on any atom is 0.306 e. The molecular formula is C39H51NO8. The largest absolute Gasteiger partial charge is 0.498 e. The predicted octanol–water partition coefficient (Wildman–Crippen LogP) is 6.01. The number of aliphatic hydroxyl groups excluding tert-OH is 1. The normalized spacial score (nSPS) is 36.2. The van der Waals surface area contributed by atoms with E-state index in [0.29, 0.717) is 35.4 Å². The molecule has 4 aliphatic carbocycles. The molecule has 0 radical (unpaired) electrons. The van der Waals surface area contributed by atoms with E-state index in [1.807, 2.05) is 32.0 Å². The number of nitrogens with two attached hydrogens (primary N) is 1. The number of carbonyl (C=O) groups excluding carboxylic acids is 3. The lowest BCUT2D eigenvalue weighted by molar-refractivity contribution is -0.152. The van der Waals surface area contributed by atoms with E-state index in [1.54, 1.807) is 13.0 Å². The fourth-order valence-electron chi connectivity index (χ4n) is 9.64. The van der Waals surface area contributed by atoms with E-state index in [0.717, 1.165) is 37.7 Å². The van der Waals surface area contributed by atoms with Crippen LogP contribution in [0.25, 0.3) is 5.57 Å². The van der Waals surface area contributed by atoms with Crippen LogP contribution in [0.3, 0.4) is 0 Å². The van der Waals surface area contributed by atoms with Crippen molar-refractivity contribution in [3.63, 3.8) is 0 Å². The Kier molecular flexibility index (Phi) is 10.2. The number of Topliss-reactive ketones (excluding diaryl/α,β-unsaturated/α-hetero) is 2. The standard InChI is InChI=1S/C39H51NO8/c1-6-24-13-8-7-10-20(2)36(42)32-18-29-27-15-25(48-39(44)38(46-5)21(3)45-4)16-28(27)30-17-26(22-11-9-12-23(40)14-22)37(43)35(30)34(29)31(32)19-33(41)47-24/h9,11-12,14,17-18,20,24-25,27-31,34-35,39,44H,6-8,10,13,15-16,19,40H2,1-5H3/b38-21+/t20-,24+,25+,27-,28?,29+,30?,31-,34-,35?,39+/m1/s1. The third kappa shape index (κ3) is 6.36. The van der Waals surface area contributed by atoms with Gasteiger partial charge in [0.25, 0.3) is 0 Å². The summed E-state index contributed by atoms with van der Waals surface area (Å²) in [6.45, 7) is 5.75. The summed E-state index contributed by atoms with van der Waals surface area (Å²) in [7, 11) is 2.98. The van der Waals surface area contributed by atoms with Crippen molar-refractivity contribution in [2.24, 2.45) is 47.3 Å². The summed E-state index contributed by atoms with van der Waals surface area (Å²) in [5.74, 6) is -0.740. The Labute approximate surface area is 283 Å². The van der Waals surface area contributed by atoms with Crippen LogP contribution < -0.4 is 5.73 Å². The highest BCUT2D eigenvalue weighted by Gasteiger charge is 2.62. The molecule has 3 N–H and O–H groups in total. The number of rotatable bonds is 7. The number of hydrogen-bond donors (Lipinski definition) is 2. The maximum atomic E-state index is 14.6. The van der Waals surface area contributed by atoms with Crippen molar-refractivity contribution in [1.29, 1.82) is 0 Å². The summed E-state index contributed by atoms with van der Waals surface area (Å²) in [5.41, 5.74) is 8.87. The van der Waals surface area contributed by atoms with Crippen LogP contribution in [0, 0.1) is 47.3 Å². The molecule has 5 aliphatic rings. The summed E-state index contributed by atoms with van der Waals surface area (Å²) >= 11 is 0. The van der Waals surface area contributed by atoms with Crippen molar-refractivity contribution >= 4 is 28.8 Å². The molecule has 9 nitrogen and oxygen atoms in total. The van der Waals surface area contributed by atoms with E-state index in [4.69, 9.17) is 24.7 Å². The van der Waals surface area contributed by atoms with E-state index in [1.165, 1.54) is 14.2 Å². The van der Waals surface area contributed by atoms with Crippen molar-refractivity contribution in [1.82, 2.24) is 0 Å². The highest BCUT2D eigenvalue weighted by atomic mass is 16.6. The van der Waals surface area contributed by atoms with Gasteiger partial charge in [-0.15, -0.1) is 0 Å². The van der Waals surface area contributed by atoms with Gasteiger partial charge in [0.2, 0.25) is 6.29 Å². The third-order valence-corrected chi connectivity index (χ3v) is 11.9. The zero-order valence-corrected chi connectivity index (χ0v) is 28.9. The molecule has 9 heteroatoms. The lowest BCUT2D eigenvalue weighted by atomic mass is 9.57. The first-order valence-corrected chi connectivity index (χ1v) is 17.8. The fraction of sp³-hybridized carbons (Fsp3) is 0.615. The van der Waals surface area contributed by atoms with Crippen LogP contribution in [-0.2, 0) is 33.3 Å². The van der Waals surface area contributed by atoms with Crippen LogP contribution in [0.4, 0.5) is 5.69 Å². The second-order valence-corrected chi connectivity index (χ2v) is 14.6. The van der Waals surface area contributed by atoms with E-state index in [2.05, 4.69) is 12.2 Å². The van der Waals surface area contributed by atoms with E-state index in [-0.39, 0.29) is 77.4 Å². The quantitative estimate of drug-likeness (QED) is 0.156. The minimum atomic E-state index is -1.31. The van der Waals surface area contributed by atoms with Crippen LogP contribution in [0.5, 0.6) is 0 Å². The van der Waals surface area contributed by atoms with Crippen molar-refractivity contribution < 1.29 is 38.4 Å². The number of anilines is 1. The molecule has 1 saturated heterocycles. The molecule has 260 valence electrons. The Bertz CT molecular complexity index is 1510. The average molecular weight is 662 g/mol. The first-order valence-electron chi connectivity index (χ1n) is 17.8. The number of cyclic esters (lactones) is 1. The first kappa shape index (κ1) is 34.4. The number of aliphatic hydroxyl groups is 1. The molecule has 11 atom stereocenters. The van der Waals surface area contributed by atoms with Gasteiger partial charge in [0.05, 0.1) is 26.7 Å². The fourth-order valence-corrected chi connectivity index (χ4v) is 9.64. The third-order valence-electron chi connectivity index (χ3n) is 11.9. The van der Waals surface area contributed by atoms with Gasteiger partial charge in [0.1, 0.15) is 11.9 Å². The zero-order valence-electron chi connectivity index (χ0n) is 28.9. The minimum Gasteiger partial charge on any atom is -0.498 e. The topological polar surface area (TPSA) is 134 Å². The molecule has 0 spiro atoms. The smallest absolute Gasteiger partial charge is 0.306 e. The Balaban J connectivity index is 1.40. The number of benzene rings is 1. The monoisotopic (exact) mass is 661 g/mol. The molecule has 0 bridgehead atoms. The maximum absolute atomic E-state index is 14.6. The number of ketones is 2. The van der Waals surface area contributed by atoms with E-state index >= 15 is 0 Å². The van der Waals surface area contributed by atoms with E-state index < -0.39 is 18.1 Å². The van der Waals surface area contributed by atoms with Gasteiger partial charge in [-0.2, -0.15) is 0 Å². The summed E-state index contributed by atoms with van der Waals surface area (Å²) in [4.78, 5) is 42.4. The Morgan fingerprint density at radius 1 is 1.02 bits per heavy atom. The van der Waals surface area contributed by atoms with Crippen molar-refractivity contribution in [2.75, 3.05) is 20.0 Å². The highest BCUT2D eigenvalue weighted by molar-refractivity contribution is 6.24. The lowest BCUT2D eigenvalue weighted by Gasteiger charge is -2.45. The van der Waals surface area contributed by atoms with Gasteiger partial charge >= 0.3 is 5.97 Å². The van der Waals surface area contributed by atoms with Gasteiger partial charge in [-0.25, -0.2) is 0 Å².